The van der Waals surface area contributed by atoms with Crippen LogP contribution in [0.3, 0.4) is 0 Å². The molecule has 0 bridgehead atoms. The van der Waals surface area contributed by atoms with E-state index in [-0.39, 0.29) is 17.9 Å². The number of carbonyl (C=O) groups is 1. The van der Waals surface area contributed by atoms with Gasteiger partial charge in [-0.2, -0.15) is 0 Å². The highest BCUT2D eigenvalue weighted by Gasteiger charge is 2.04. The van der Waals surface area contributed by atoms with Crippen LogP contribution in [-0.4, -0.2) is 22.1 Å². The molecule has 15 heavy (non-hydrogen) atoms. The van der Waals surface area contributed by atoms with Gasteiger partial charge in [-0.25, -0.2) is 4.98 Å². The molecule has 0 radical (unpaired) electrons. The summed E-state index contributed by atoms with van der Waals surface area (Å²) in [6.45, 7) is 2.41. The number of hydrogen-bond donors (Lipinski definition) is 0. The van der Waals surface area contributed by atoms with Crippen molar-refractivity contribution in [2.24, 2.45) is 0 Å². The SMILES string of the molecule is CCOC(=O)CCn1cncc(I)c1=O. The quantitative estimate of drug-likeness (QED) is 0.608. The number of aromatic nitrogens is 2. The van der Waals surface area contributed by atoms with E-state index in [2.05, 4.69) is 4.98 Å². The van der Waals surface area contributed by atoms with Gasteiger partial charge in [-0.3, -0.25) is 14.2 Å². The number of halogens is 1. The molecule has 1 rings (SSSR count). The average Bonchev–Trinajstić information content (AvgIpc) is 2.21. The Bertz CT molecular complexity index is 403. The Balaban J connectivity index is 2.62. The Hall–Kier alpha value is -0.920. The molecule has 5 nitrogen and oxygen atoms in total. The molecule has 0 saturated heterocycles. The van der Waals surface area contributed by atoms with Crippen LogP contribution in [0.15, 0.2) is 17.3 Å². The van der Waals surface area contributed by atoms with Crippen molar-refractivity contribution in [1.29, 1.82) is 0 Å². The molecule has 0 saturated carbocycles. The number of rotatable bonds is 4. The Labute approximate surface area is 101 Å². The van der Waals surface area contributed by atoms with Crippen molar-refractivity contribution in [3.63, 3.8) is 0 Å². The smallest absolute Gasteiger partial charge is 0.307 e. The van der Waals surface area contributed by atoms with Crippen LogP contribution in [0.1, 0.15) is 13.3 Å². The summed E-state index contributed by atoms with van der Waals surface area (Å²) in [4.78, 5) is 26.4. The van der Waals surface area contributed by atoms with Crippen molar-refractivity contribution in [3.8, 4) is 0 Å². The molecule has 82 valence electrons. The molecule has 0 atom stereocenters. The van der Waals surface area contributed by atoms with Gasteiger partial charge in [0.1, 0.15) is 0 Å². The molecule has 0 spiro atoms. The summed E-state index contributed by atoms with van der Waals surface area (Å²) >= 11 is 1.91. The van der Waals surface area contributed by atoms with Crippen molar-refractivity contribution in [2.75, 3.05) is 6.61 Å². The third-order valence-corrected chi connectivity index (χ3v) is 2.46. The van der Waals surface area contributed by atoms with Gasteiger partial charge < -0.3 is 4.74 Å². The minimum absolute atomic E-state index is 0.130. The first kappa shape index (κ1) is 12.2. The fourth-order valence-corrected chi connectivity index (χ4v) is 1.50. The Morgan fingerprint density at radius 2 is 2.40 bits per heavy atom. The van der Waals surface area contributed by atoms with Crippen LogP contribution in [0, 0.1) is 3.57 Å². The number of nitrogens with zero attached hydrogens (tertiary/aromatic N) is 2. The lowest BCUT2D eigenvalue weighted by molar-refractivity contribution is -0.143. The Morgan fingerprint density at radius 3 is 3.07 bits per heavy atom. The van der Waals surface area contributed by atoms with Crippen LogP contribution in [0.25, 0.3) is 0 Å². The van der Waals surface area contributed by atoms with Crippen LogP contribution < -0.4 is 5.56 Å². The first-order valence-corrected chi connectivity index (χ1v) is 5.58. The molecule has 6 heteroatoms. The summed E-state index contributed by atoms with van der Waals surface area (Å²) in [5.74, 6) is -0.303. The molecule has 0 N–H and O–H groups in total. The van der Waals surface area contributed by atoms with E-state index in [0.29, 0.717) is 16.7 Å². The van der Waals surface area contributed by atoms with E-state index >= 15 is 0 Å². The summed E-state index contributed by atoms with van der Waals surface area (Å²) in [5, 5.41) is 0. The van der Waals surface area contributed by atoms with Gasteiger partial charge >= 0.3 is 5.97 Å². The van der Waals surface area contributed by atoms with Gasteiger partial charge in [-0.05, 0) is 29.5 Å². The highest BCUT2D eigenvalue weighted by molar-refractivity contribution is 14.1. The van der Waals surface area contributed by atoms with Crippen molar-refractivity contribution in [3.05, 3.63) is 26.4 Å². The van der Waals surface area contributed by atoms with Crippen LogP contribution in [0.5, 0.6) is 0 Å². The van der Waals surface area contributed by atoms with Crippen LogP contribution in [0.4, 0.5) is 0 Å². The maximum absolute atomic E-state index is 11.5. The summed E-state index contributed by atoms with van der Waals surface area (Å²) in [6, 6.07) is 0. The fourth-order valence-electron chi connectivity index (χ4n) is 1.03. The lowest BCUT2D eigenvalue weighted by Crippen LogP contribution is -2.24. The highest BCUT2D eigenvalue weighted by atomic mass is 127. The molecular weight excluding hydrogens is 311 g/mol. The van der Waals surface area contributed by atoms with E-state index in [1.807, 2.05) is 22.6 Å². The molecule has 0 amide bonds. The van der Waals surface area contributed by atoms with Gasteiger partial charge in [-0.15, -0.1) is 0 Å². The molecular formula is C9H11IN2O3. The van der Waals surface area contributed by atoms with E-state index in [9.17, 15) is 9.59 Å². The van der Waals surface area contributed by atoms with E-state index in [1.54, 1.807) is 6.92 Å². The van der Waals surface area contributed by atoms with Crippen molar-refractivity contribution in [2.45, 2.75) is 19.9 Å². The lowest BCUT2D eigenvalue weighted by atomic mass is 10.4. The molecule has 1 aromatic heterocycles. The molecule has 1 aromatic rings. The molecule has 0 aliphatic carbocycles. The first-order chi connectivity index (χ1) is 7.15. The monoisotopic (exact) mass is 322 g/mol. The molecule has 0 unspecified atom stereocenters. The van der Waals surface area contributed by atoms with E-state index in [4.69, 9.17) is 4.74 Å². The Morgan fingerprint density at radius 1 is 1.67 bits per heavy atom. The van der Waals surface area contributed by atoms with Crippen LogP contribution >= 0.6 is 22.6 Å². The molecule has 1 heterocycles. The molecule has 0 aliphatic heterocycles. The standard InChI is InChI=1S/C9H11IN2O3/c1-2-15-8(13)3-4-12-6-11-5-7(10)9(12)14/h5-6H,2-4H2,1H3. The molecule has 0 aliphatic rings. The van der Waals surface area contributed by atoms with Gasteiger partial charge in [0.2, 0.25) is 0 Å². The minimum Gasteiger partial charge on any atom is -0.466 e. The minimum atomic E-state index is -0.303. The van der Waals surface area contributed by atoms with Gasteiger partial charge in [0, 0.05) is 12.7 Å². The van der Waals surface area contributed by atoms with Gasteiger partial charge in [-0.1, -0.05) is 0 Å². The summed E-state index contributed by atoms with van der Waals surface area (Å²) in [7, 11) is 0. The molecule has 0 fully saturated rings. The van der Waals surface area contributed by atoms with E-state index in [0.717, 1.165) is 0 Å². The second-order valence-corrected chi connectivity index (χ2v) is 3.96. The predicted octanol–water partition coefficient (Wildman–Crippen LogP) is 0.801. The fraction of sp³-hybridized carbons (Fsp3) is 0.444. The third kappa shape index (κ3) is 3.61. The topological polar surface area (TPSA) is 61.2 Å². The van der Waals surface area contributed by atoms with Gasteiger partial charge in [0.25, 0.3) is 5.56 Å². The summed E-state index contributed by atoms with van der Waals surface area (Å²) in [5.41, 5.74) is -0.130. The second-order valence-electron chi connectivity index (χ2n) is 2.80. The number of esters is 1. The van der Waals surface area contributed by atoms with Gasteiger partial charge in [0.05, 0.1) is 22.9 Å². The third-order valence-electron chi connectivity index (χ3n) is 1.72. The van der Waals surface area contributed by atoms with Crippen LogP contribution in [0.2, 0.25) is 0 Å². The number of carbonyl (C=O) groups excluding carboxylic acids is 1. The highest BCUT2D eigenvalue weighted by Crippen LogP contribution is 1.95. The zero-order valence-corrected chi connectivity index (χ0v) is 10.4. The van der Waals surface area contributed by atoms with Crippen molar-refractivity contribution in [1.82, 2.24) is 9.55 Å². The lowest BCUT2D eigenvalue weighted by Gasteiger charge is -2.04. The summed E-state index contributed by atoms with van der Waals surface area (Å²) in [6.07, 6.45) is 3.10. The van der Waals surface area contributed by atoms with E-state index in [1.165, 1.54) is 17.1 Å². The summed E-state index contributed by atoms with van der Waals surface area (Å²) < 4.78 is 6.70. The first-order valence-electron chi connectivity index (χ1n) is 4.50. The molecule has 0 aromatic carbocycles. The number of hydrogen-bond acceptors (Lipinski definition) is 4. The van der Waals surface area contributed by atoms with Gasteiger partial charge in [0.15, 0.2) is 0 Å². The predicted molar refractivity (Wildman–Crippen MR) is 62.5 cm³/mol. The Kier molecular flexibility index (Phi) is 4.73. The average molecular weight is 322 g/mol. The zero-order valence-electron chi connectivity index (χ0n) is 8.27. The van der Waals surface area contributed by atoms with Crippen molar-refractivity contribution >= 4 is 28.6 Å². The maximum atomic E-state index is 11.5. The number of ether oxygens (including phenoxy) is 1. The zero-order chi connectivity index (χ0) is 11.3. The van der Waals surface area contributed by atoms with Crippen LogP contribution in [-0.2, 0) is 16.1 Å². The number of aryl methyl sites for hydroxylation is 1. The normalized spacial score (nSPS) is 10.0. The largest absolute Gasteiger partial charge is 0.466 e. The maximum Gasteiger partial charge on any atom is 0.307 e. The van der Waals surface area contributed by atoms with Crippen molar-refractivity contribution < 1.29 is 9.53 Å². The van der Waals surface area contributed by atoms with E-state index < -0.39 is 0 Å². The second kappa shape index (κ2) is 5.84.